The van der Waals surface area contributed by atoms with Crippen LogP contribution in [0.25, 0.3) is 0 Å². The zero-order chi connectivity index (χ0) is 11.5. The Morgan fingerprint density at radius 1 is 1.56 bits per heavy atom. The summed E-state index contributed by atoms with van der Waals surface area (Å²) in [6.45, 7) is 3.33. The van der Waals surface area contributed by atoms with E-state index in [2.05, 4.69) is 0 Å². The van der Waals surface area contributed by atoms with Crippen LogP contribution in [0.1, 0.15) is 18.4 Å². The minimum absolute atomic E-state index is 0.0959. The maximum absolute atomic E-state index is 9.05. The van der Waals surface area contributed by atoms with Gasteiger partial charge < -0.3 is 14.6 Å². The molecular weight excluding hydrogens is 228 g/mol. The van der Waals surface area contributed by atoms with E-state index in [4.69, 9.17) is 26.2 Å². The van der Waals surface area contributed by atoms with Crippen LogP contribution in [0.5, 0.6) is 5.75 Å². The van der Waals surface area contributed by atoms with Crippen LogP contribution in [-0.4, -0.2) is 31.0 Å². The Morgan fingerprint density at radius 3 is 2.81 bits per heavy atom. The molecule has 1 aromatic carbocycles. The van der Waals surface area contributed by atoms with E-state index in [1.54, 1.807) is 0 Å². The molecular formula is C12H15ClO3. The smallest absolute Gasteiger partial charge is 0.145 e. The molecule has 88 valence electrons. The molecule has 0 aromatic heterocycles. The molecule has 1 atom stereocenters. The van der Waals surface area contributed by atoms with Gasteiger partial charge in [-0.05, 0) is 17.7 Å². The highest BCUT2D eigenvalue weighted by Crippen LogP contribution is 2.30. The van der Waals surface area contributed by atoms with Crippen molar-refractivity contribution in [1.82, 2.24) is 0 Å². The van der Waals surface area contributed by atoms with E-state index in [0.29, 0.717) is 24.0 Å². The van der Waals surface area contributed by atoms with Gasteiger partial charge in [-0.3, -0.25) is 0 Å². The van der Waals surface area contributed by atoms with Gasteiger partial charge in [0.15, 0.2) is 0 Å². The SMILES string of the molecule is CC(CO)c1ccc(OC2COC2)c(Cl)c1. The van der Waals surface area contributed by atoms with E-state index < -0.39 is 0 Å². The average molecular weight is 243 g/mol. The maximum atomic E-state index is 9.05. The molecule has 2 rings (SSSR count). The molecule has 0 saturated carbocycles. The van der Waals surface area contributed by atoms with Gasteiger partial charge in [0.2, 0.25) is 0 Å². The quantitative estimate of drug-likeness (QED) is 0.880. The molecule has 0 amide bonds. The summed E-state index contributed by atoms with van der Waals surface area (Å²) in [6.07, 6.45) is 0.124. The zero-order valence-corrected chi connectivity index (χ0v) is 9.91. The van der Waals surface area contributed by atoms with E-state index in [9.17, 15) is 0 Å². The number of ether oxygens (including phenoxy) is 2. The van der Waals surface area contributed by atoms with Crippen LogP contribution in [0, 0.1) is 0 Å². The van der Waals surface area contributed by atoms with Gasteiger partial charge in [-0.2, -0.15) is 0 Å². The predicted octanol–water partition coefficient (Wildman–Crippen LogP) is 2.21. The topological polar surface area (TPSA) is 38.7 Å². The molecule has 1 saturated heterocycles. The predicted molar refractivity (Wildman–Crippen MR) is 62.2 cm³/mol. The number of hydrogen-bond donors (Lipinski definition) is 1. The Morgan fingerprint density at radius 2 is 2.31 bits per heavy atom. The standard InChI is InChI=1S/C12H15ClO3/c1-8(5-14)9-2-3-12(11(13)4-9)16-10-6-15-7-10/h2-4,8,10,14H,5-7H2,1H3. The van der Waals surface area contributed by atoms with Crippen LogP contribution in [0.3, 0.4) is 0 Å². The largest absolute Gasteiger partial charge is 0.484 e. The van der Waals surface area contributed by atoms with Crippen molar-refractivity contribution in [1.29, 1.82) is 0 Å². The van der Waals surface area contributed by atoms with Crippen molar-refractivity contribution >= 4 is 11.6 Å². The van der Waals surface area contributed by atoms with Gasteiger partial charge in [0.05, 0.1) is 18.2 Å². The lowest BCUT2D eigenvalue weighted by Gasteiger charge is -2.27. The van der Waals surface area contributed by atoms with Crippen LogP contribution in [0.2, 0.25) is 5.02 Å². The molecule has 0 radical (unpaired) electrons. The van der Waals surface area contributed by atoms with E-state index in [0.717, 1.165) is 5.56 Å². The average Bonchev–Trinajstić information content (AvgIpc) is 2.23. The van der Waals surface area contributed by atoms with Crippen LogP contribution >= 0.6 is 11.6 Å². The summed E-state index contributed by atoms with van der Waals surface area (Å²) >= 11 is 6.11. The summed E-state index contributed by atoms with van der Waals surface area (Å²) in [7, 11) is 0. The fourth-order valence-electron chi connectivity index (χ4n) is 1.49. The highest BCUT2D eigenvalue weighted by molar-refractivity contribution is 6.32. The normalized spacial score (nSPS) is 17.9. The zero-order valence-electron chi connectivity index (χ0n) is 9.15. The molecule has 1 aliphatic rings. The van der Waals surface area contributed by atoms with Crippen molar-refractivity contribution in [3.05, 3.63) is 28.8 Å². The van der Waals surface area contributed by atoms with Gasteiger partial charge in [0.1, 0.15) is 11.9 Å². The minimum atomic E-state index is 0.0959. The molecule has 1 aromatic rings. The molecule has 0 bridgehead atoms. The second kappa shape index (κ2) is 5.04. The first-order valence-electron chi connectivity index (χ1n) is 5.35. The lowest BCUT2D eigenvalue weighted by molar-refractivity contribution is -0.0796. The number of aliphatic hydroxyl groups is 1. The first-order chi connectivity index (χ1) is 7.70. The highest BCUT2D eigenvalue weighted by atomic mass is 35.5. The van der Waals surface area contributed by atoms with Crippen molar-refractivity contribution < 1.29 is 14.6 Å². The Labute approximate surface area is 99.9 Å². The molecule has 4 heteroatoms. The summed E-state index contributed by atoms with van der Waals surface area (Å²) in [6, 6.07) is 5.63. The Bertz CT molecular complexity index is 363. The molecule has 1 N–H and O–H groups in total. The van der Waals surface area contributed by atoms with E-state index >= 15 is 0 Å². The monoisotopic (exact) mass is 242 g/mol. The second-order valence-electron chi connectivity index (χ2n) is 4.05. The first kappa shape index (κ1) is 11.7. The van der Waals surface area contributed by atoms with Crippen LogP contribution in [0.4, 0.5) is 0 Å². The van der Waals surface area contributed by atoms with Crippen LogP contribution in [0.15, 0.2) is 18.2 Å². The van der Waals surface area contributed by atoms with Crippen molar-refractivity contribution in [2.24, 2.45) is 0 Å². The Kier molecular flexibility index (Phi) is 3.69. The van der Waals surface area contributed by atoms with E-state index in [1.165, 1.54) is 0 Å². The summed E-state index contributed by atoms with van der Waals surface area (Å²) in [5.41, 5.74) is 1.02. The number of hydrogen-bond acceptors (Lipinski definition) is 3. The molecule has 1 aliphatic heterocycles. The third-order valence-electron chi connectivity index (χ3n) is 2.70. The number of aliphatic hydroxyl groups excluding tert-OH is 1. The molecule has 0 aliphatic carbocycles. The Hall–Kier alpha value is -0.770. The summed E-state index contributed by atoms with van der Waals surface area (Å²) in [5, 5.41) is 9.64. The Balaban J connectivity index is 2.09. The number of benzene rings is 1. The number of halogens is 1. The molecule has 3 nitrogen and oxygen atoms in total. The lowest BCUT2D eigenvalue weighted by atomic mass is 10.0. The third kappa shape index (κ3) is 2.48. The first-order valence-corrected chi connectivity index (χ1v) is 5.73. The van der Waals surface area contributed by atoms with E-state index in [1.807, 2.05) is 25.1 Å². The van der Waals surface area contributed by atoms with Crippen molar-refractivity contribution in [2.75, 3.05) is 19.8 Å². The molecule has 1 fully saturated rings. The summed E-state index contributed by atoms with van der Waals surface area (Å²) < 4.78 is 10.7. The minimum Gasteiger partial charge on any atom is -0.484 e. The van der Waals surface area contributed by atoms with Crippen LogP contribution < -0.4 is 4.74 Å². The molecule has 1 heterocycles. The van der Waals surface area contributed by atoms with Gasteiger partial charge in [-0.25, -0.2) is 0 Å². The highest BCUT2D eigenvalue weighted by Gasteiger charge is 2.21. The van der Waals surface area contributed by atoms with Crippen LogP contribution in [-0.2, 0) is 4.74 Å². The van der Waals surface area contributed by atoms with Gasteiger partial charge in [0.25, 0.3) is 0 Å². The molecule has 1 unspecified atom stereocenters. The van der Waals surface area contributed by atoms with Gasteiger partial charge >= 0.3 is 0 Å². The molecule has 16 heavy (non-hydrogen) atoms. The van der Waals surface area contributed by atoms with Crippen molar-refractivity contribution in [3.63, 3.8) is 0 Å². The molecule has 0 spiro atoms. The fourth-order valence-corrected chi connectivity index (χ4v) is 1.72. The van der Waals surface area contributed by atoms with E-state index in [-0.39, 0.29) is 18.6 Å². The fraction of sp³-hybridized carbons (Fsp3) is 0.500. The van der Waals surface area contributed by atoms with Gasteiger partial charge in [-0.15, -0.1) is 0 Å². The summed E-state index contributed by atoms with van der Waals surface area (Å²) in [5.74, 6) is 0.780. The van der Waals surface area contributed by atoms with Gasteiger partial charge in [-0.1, -0.05) is 24.6 Å². The van der Waals surface area contributed by atoms with Gasteiger partial charge in [0, 0.05) is 12.5 Å². The lowest BCUT2D eigenvalue weighted by Crippen LogP contribution is -2.38. The maximum Gasteiger partial charge on any atom is 0.145 e. The summed E-state index contributed by atoms with van der Waals surface area (Å²) in [4.78, 5) is 0. The number of rotatable bonds is 4. The van der Waals surface area contributed by atoms with Crippen molar-refractivity contribution in [2.45, 2.75) is 18.9 Å². The third-order valence-corrected chi connectivity index (χ3v) is 3.00. The second-order valence-corrected chi connectivity index (χ2v) is 4.46. The van der Waals surface area contributed by atoms with Crippen molar-refractivity contribution in [3.8, 4) is 5.75 Å².